The molecule has 0 saturated carbocycles. The van der Waals surface area contributed by atoms with Crippen molar-refractivity contribution in [2.24, 2.45) is 0 Å². The first kappa shape index (κ1) is 22.4. The lowest BCUT2D eigenvalue weighted by atomic mass is 10.1. The number of fused-ring (bicyclic) bond motifs is 1. The van der Waals surface area contributed by atoms with Crippen LogP contribution in [0.1, 0.15) is 37.7 Å². The van der Waals surface area contributed by atoms with Crippen molar-refractivity contribution >= 4 is 34.6 Å². The van der Waals surface area contributed by atoms with Crippen molar-refractivity contribution in [3.63, 3.8) is 0 Å². The molecule has 1 fully saturated rings. The minimum atomic E-state index is -0.716. The van der Waals surface area contributed by atoms with E-state index >= 15 is 0 Å². The zero-order chi connectivity index (χ0) is 22.4. The third-order valence-electron chi connectivity index (χ3n) is 4.90. The minimum Gasteiger partial charge on any atom is -0.432 e. The number of hydrogen-bond donors (Lipinski definition) is 1. The highest BCUT2D eigenvalue weighted by Crippen LogP contribution is 2.32. The lowest BCUT2D eigenvalue weighted by molar-refractivity contribution is -0.0422. The predicted octanol–water partition coefficient (Wildman–Crippen LogP) is 4.51. The van der Waals surface area contributed by atoms with Gasteiger partial charge in [0.1, 0.15) is 30.4 Å². The van der Waals surface area contributed by atoms with E-state index in [0.717, 1.165) is 23.8 Å². The van der Waals surface area contributed by atoms with Crippen LogP contribution in [0.5, 0.6) is 0 Å². The highest BCUT2D eigenvalue weighted by Gasteiger charge is 2.29. The first-order chi connectivity index (χ1) is 15.0. The molecule has 2 aromatic heterocycles. The van der Waals surface area contributed by atoms with Gasteiger partial charge < -0.3 is 24.5 Å². The highest BCUT2D eigenvalue weighted by atomic mass is 35.5. The summed E-state index contributed by atoms with van der Waals surface area (Å²) in [4.78, 5) is 20.2. The number of hydrogen-bond acceptors (Lipinski definition) is 7. The third-order valence-corrected chi connectivity index (χ3v) is 5.07. The summed E-state index contributed by atoms with van der Waals surface area (Å²) in [5, 5.41) is 0.805. The van der Waals surface area contributed by atoms with E-state index in [4.69, 9.17) is 31.5 Å². The molecule has 0 spiro atoms. The zero-order valence-corrected chi connectivity index (χ0v) is 17.7. The van der Waals surface area contributed by atoms with Gasteiger partial charge in [-0.05, 0) is 43.0 Å². The first-order valence-corrected chi connectivity index (χ1v) is 10.1. The SMILES string of the molecule is C#C.C[C@@H](OC(=O)OC[C@@H]1CC[C@H](n2ccc3c(N)nc(Cl)nc32)O1)c1ccccc1. The van der Waals surface area contributed by atoms with Crippen LogP contribution < -0.4 is 5.73 Å². The van der Waals surface area contributed by atoms with E-state index in [2.05, 4.69) is 22.8 Å². The molecule has 8 nitrogen and oxygen atoms in total. The molecule has 3 atom stereocenters. The lowest BCUT2D eigenvalue weighted by Crippen LogP contribution is -2.20. The summed E-state index contributed by atoms with van der Waals surface area (Å²) in [7, 11) is 0. The number of anilines is 1. The molecule has 3 heterocycles. The van der Waals surface area contributed by atoms with E-state index in [0.29, 0.717) is 11.5 Å². The molecule has 4 rings (SSSR count). The number of carbonyl (C=O) groups is 1. The van der Waals surface area contributed by atoms with Crippen molar-refractivity contribution in [3.05, 3.63) is 53.4 Å². The molecular formula is C22H23ClN4O4. The van der Waals surface area contributed by atoms with Crippen molar-refractivity contribution in [2.75, 3.05) is 12.3 Å². The summed E-state index contributed by atoms with van der Waals surface area (Å²) in [5.41, 5.74) is 7.42. The minimum absolute atomic E-state index is 0.0862. The maximum absolute atomic E-state index is 12.0. The number of nitrogens with zero attached hydrogens (tertiary/aromatic N) is 3. The molecule has 162 valence electrons. The van der Waals surface area contributed by atoms with Crippen LogP contribution in [0.25, 0.3) is 11.0 Å². The average molecular weight is 443 g/mol. The monoisotopic (exact) mass is 442 g/mol. The van der Waals surface area contributed by atoms with Crippen LogP contribution in [0.15, 0.2) is 42.6 Å². The Morgan fingerprint density at radius 1 is 1.29 bits per heavy atom. The Hall–Kier alpha value is -3.28. The van der Waals surface area contributed by atoms with Gasteiger partial charge in [-0.2, -0.15) is 4.98 Å². The van der Waals surface area contributed by atoms with Crippen molar-refractivity contribution < 1.29 is 19.0 Å². The lowest BCUT2D eigenvalue weighted by Gasteiger charge is -2.17. The molecule has 0 unspecified atom stereocenters. The predicted molar refractivity (Wildman–Crippen MR) is 117 cm³/mol. The van der Waals surface area contributed by atoms with Crippen LogP contribution in [0.3, 0.4) is 0 Å². The fourth-order valence-corrected chi connectivity index (χ4v) is 3.58. The standard InChI is InChI=1S/C20H21ClN4O4.C2H2/c1-12(13-5-3-2-4-6-13)28-20(26)27-11-14-7-8-16(29-14)25-10-9-15-17(22)23-19(21)24-18(15)25;1-2/h2-6,9-10,12,14,16H,7-8,11H2,1H3,(H2,22,23,24);1-2H/t12-,14+,16-;/m1./s1. The Morgan fingerprint density at radius 2 is 2.03 bits per heavy atom. The molecule has 1 saturated heterocycles. The van der Waals surface area contributed by atoms with E-state index in [1.807, 2.05) is 47.2 Å². The van der Waals surface area contributed by atoms with E-state index in [1.54, 1.807) is 6.92 Å². The Kier molecular flexibility index (Phi) is 7.34. The molecular weight excluding hydrogens is 420 g/mol. The maximum atomic E-state index is 12.0. The van der Waals surface area contributed by atoms with Crippen LogP contribution in [0.2, 0.25) is 5.28 Å². The maximum Gasteiger partial charge on any atom is 0.508 e. The van der Waals surface area contributed by atoms with Gasteiger partial charge in [0.25, 0.3) is 0 Å². The van der Waals surface area contributed by atoms with E-state index in [1.165, 1.54) is 0 Å². The Bertz CT molecular complexity index is 1050. The number of terminal acetylenes is 1. The number of nitrogens with two attached hydrogens (primary N) is 1. The van der Waals surface area contributed by atoms with Crippen LogP contribution in [-0.4, -0.2) is 33.4 Å². The number of benzene rings is 1. The molecule has 0 bridgehead atoms. The smallest absolute Gasteiger partial charge is 0.432 e. The van der Waals surface area contributed by atoms with Crippen molar-refractivity contribution in [1.82, 2.24) is 14.5 Å². The van der Waals surface area contributed by atoms with E-state index in [-0.39, 0.29) is 30.3 Å². The van der Waals surface area contributed by atoms with Gasteiger partial charge in [0.05, 0.1) is 11.5 Å². The molecule has 31 heavy (non-hydrogen) atoms. The second-order valence-electron chi connectivity index (χ2n) is 6.86. The average Bonchev–Trinajstić information content (AvgIpc) is 3.41. The van der Waals surface area contributed by atoms with E-state index < -0.39 is 6.16 Å². The van der Waals surface area contributed by atoms with Crippen LogP contribution in [0, 0.1) is 12.8 Å². The molecule has 1 aromatic carbocycles. The Morgan fingerprint density at radius 3 is 2.77 bits per heavy atom. The molecule has 9 heteroatoms. The number of halogens is 1. The fourth-order valence-electron chi connectivity index (χ4n) is 3.41. The Balaban J connectivity index is 0.00000132. The summed E-state index contributed by atoms with van der Waals surface area (Å²) < 4.78 is 18.4. The topological polar surface area (TPSA) is 101 Å². The quantitative estimate of drug-likeness (QED) is 0.352. The van der Waals surface area contributed by atoms with Gasteiger partial charge in [-0.1, -0.05) is 30.3 Å². The largest absolute Gasteiger partial charge is 0.508 e. The molecule has 0 aliphatic carbocycles. The second-order valence-corrected chi connectivity index (χ2v) is 7.20. The molecule has 0 amide bonds. The fraction of sp³-hybridized carbons (Fsp3) is 0.318. The summed E-state index contributed by atoms with van der Waals surface area (Å²) in [6.07, 6.45) is 9.75. The third kappa shape index (κ3) is 5.26. The molecule has 1 aliphatic rings. The number of ether oxygens (including phenoxy) is 3. The number of carbonyl (C=O) groups excluding carboxylic acids is 1. The number of nitrogen functional groups attached to an aromatic ring is 1. The zero-order valence-electron chi connectivity index (χ0n) is 17.0. The summed E-state index contributed by atoms with van der Waals surface area (Å²) >= 11 is 5.93. The van der Waals surface area contributed by atoms with Gasteiger partial charge in [-0.15, -0.1) is 12.8 Å². The van der Waals surface area contributed by atoms with Crippen LogP contribution >= 0.6 is 11.6 Å². The summed E-state index contributed by atoms with van der Waals surface area (Å²) in [6, 6.07) is 11.3. The van der Waals surface area contributed by atoms with Crippen molar-refractivity contribution in [2.45, 2.75) is 38.2 Å². The van der Waals surface area contributed by atoms with Gasteiger partial charge in [-0.3, -0.25) is 0 Å². The molecule has 2 N–H and O–H groups in total. The normalized spacial score (nSPS) is 18.7. The molecule has 3 aromatic rings. The van der Waals surface area contributed by atoms with Gasteiger partial charge in [-0.25, -0.2) is 9.78 Å². The number of aromatic nitrogens is 3. The van der Waals surface area contributed by atoms with Crippen molar-refractivity contribution in [1.29, 1.82) is 0 Å². The van der Waals surface area contributed by atoms with Crippen LogP contribution in [-0.2, 0) is 14.2 Å². The van der Waals surface area contributed by atoms with Crippen molar-refractivity contribution in [3.8, 4) is 12.8 Å². The van der Waals surface area contributed by atoms with Gasteiger partial charge >= 0.3 is 6.16 Å². The highest BCUT2D eigenvalue weighted by molar-refractivity contribution is 6.28. The molecule has 0 radical (unpaired) electrons. The second kappa shape index (κ2) is 10.2. The molecule has 1 aliphatic heterocycles. The number of rotatable bonds is 5. The summed E-state index contributed by atoms with van der Waals surface area (Å²) in [5.74, 6) is 0.326. The van der Waals surface area contributed by atoms with Gasteiger partial charge in [0.15, 0.2) is 0 Å². The van der Waals surface area contributed by atoms with E-state index in [9.17, 15) is 4.79 Å². The Labute approximate surface area is 185 Å². The summed E-state index contributed by atoms with van der Waals surface area (Å²) in [6.45, 7) is 1.92. The van der Waals surface area contributed by atoms with Gasteiger partial charge in [0.2, 0.25) is 5.28 Å². The first-order valence-electron chi connectivity index (χ1n) is 9.68. The van der Waals surface area contributed by atoms with Gasteiger partial charge in [0, 0.05) is 6.20 Å². The van der Waals surface area contributed by atoms with Crippen LogP contribution in [0.4, 0.5) is 10.6 Å².